The number of thiazole rings is 1. The summed E-state index contributed by atoms with van der Waals surface area (Å²) in [6.07, 6.45) is 1.86. The van der Waals surface area contributed by atoms with E-state index in [1.807, 2.05) is 20.0 Å². The SMILES string of the molecule is COc1ccc(N)c(NC(C)c2ncc(C)s2)n1. The average molecular weight is 264 g/mol. The molecule has 0 aromatic carbocycles. The van der Waals surface area contributed by atoms with E-state index in [-0.39, 0.29) is 6.04 Å². The van der Waals surface area contributed by atoms with Crippen LogP contribution in [0.2, 0.25) is 0 Å². The van der Waals surface area contributed by atoms with Gasteiger partial charge in [-0.2, -0.15) is 4.98 Å². The van der Waals surface area contributed by atoms with Crippen LogP contribution in [0.1, 0.15) is 22.9 Å². The first kappa shape index (κ1) is 12.6. The van der Waals surface area contributed by atoms with E-state index in [4.69, 9.17) is 10.5 Å². The summed E-state index contributed by atoms with van der Waals surface area (Å²) in [6, 6.07) is 3.57. The Morgan fingerprint density at radius 3 is 2.83 bits per heavy atom. The summed E-state index contributed by atoms with van der Waals surface area (Å²) in [6.45, 7) is 4.06. The summed E-state index contributed by atoms with van der Waals surface area (Å²) in [7, 11) is 1.58. The summed E-state index contributed by atoms with van der Waals surface area (Å²) in [5, 5.41) is 4.26. The van der Waals surface area contributed by atoms with Gasteiger partial charge in [0.25, 0.3) is 0 Å². The molecule has 0 saturated carbocycles. The summed E-state index contributed by atoms with van der Waals surface area (Å²) in [5.74, 6) is 1.16. The van der Waals surface area contributed by atoms with Crippen LogP contribution < -0.4 is 15.8 Å². The molecule has 0 radical (unpaired) electrons. The first-order valence-corrected chi connectivity index (χ1v) is 6.41. The normalized spacial score (nSPS) is 12.2. The van der Waals surface area contributed by atoms with Crippen molar-refractivity contribution in [2.24, 2.45) is 0 Å². The quantitative estimate of drug-likeness (QED) is 0.888. The van der Waals surface area contributed by atoms with Crippen molar-refractivity contribution in [3.63, 3.8) is 0 Å². The molecule has 3 N–H and O–H groups in total. The number of hydrogen-bond donors (Lipinski definition) is 2. The van der Waals surface area contributed by atoms with Crippen LogP contribution in [0.4, 0.5) is 11.5 Å². The highest BCUT2D eigenvalue weighted by Crippen LogP contribution is 2.26. The van der Waals surface area contributed by atoms with E-state index in [1.165, 1.54) is 4.88 Å². The fourth-order valence-corrected chi connectivity index (χ4v) is 2.30. The summed E-state index contributed by atoms with van der Waals surface area (Å²) >= 11 is 1.66. The molecule has 1 atom stereocenters. The number of rotatable bonds is 4. The molecule has 0 amide bonds. The van der Waals surface area contributed by atoms with Crippen molar-refractivity contribution < 1.29 is 4.74 Å². The molecule has 0 bridgehead atoms. The smallest absolute Gasteiger partial charge is 0.215 e. The van der Waals surface area contributed by atoms with Crippen molar-refractivity contribution in [1.82, 2.24) is 9.97 Å². The minimum atomic E-state index is 0.0607. The van der Waals surface area contributed by atoms with E-state index in [9.17, 15) is 0 Å². The van der Waals surface area contributed by atoms with Gasteiger partial charge < -0.3 is 15.8 Å². The van der Waals surface area contributed by atoms with Gasteiger partial charge in [-0.15, -0.1) is 11.3 Å². The van der Waals surface area contributed by atoms with E-state index in [0.29, 0.717) is 17.4 Å². The molecule has 0 aliphatic heterocycles. The second-order valence-corrected chi connectivity index (χ2v) is 5.23. The van der Waals surface area contributed by atoms with Crippen LogP contribution in [0.3, 0.4) is 0 Å². The lowest BCUT2D eigenvalue weighted by molar-refractivity contribution is 0.398. The Labute approximate surface area is 110 Å². The Morgan fingerprint density at radius 1 is 1.44 bits per heavy atom. The van der Waals surface area contributed by atoms with E-state index < -0.39 is 0 Å². The van der Waals surface area contributed by atoms with E-state index in [0.717, 1.165) is 5.01 Å². The van der Waals surface area contributed by atoms with Crippen LogP contribution in [0.15, 0.2) is 18.3 Å². The molecule has 0 saturated heterocycles. The lowest BCUT2D eigenvalue weighted by Gasteiger charge is -2.14. The molecule has 2 aromatic heterocycles. The molecule has 6 heteroatoms. The Hall–Kier alpha value is -1.82. The van der Waals surface area contributed by atoms with Crippen LogP contribution in [-0.2, 0) is 0 Å². The zero-order valence-corrected chi connectivity index (χ0v) is 11.4. The number of nitrogen functional groups attached to an aromatic ring is 1. The van der Waals surface area contributed by atoms with Crippen molar-refractivity contribution in [2.75, 3.05) is 18.2 Å². The fraction of sp³-hybridized carbons (Fsp3) is 0.333. The maximum atomic E-state index is 5.88. The van der Waals surface area contributed by atoms with Gasteiger partial charge in [0.2, 0.25) is 5.88 Å². The Balaban J connectivity index is 2.18. The minimum absolute atomic E-state index is 0.0607. The number of aromatic nitrogens is 2. The molecule has 0 fully saturated rings. The van der Waals surface area contributed by atoms with Crippen LogP contribution >= 0.6 is 11.3 Å². The van der Waals surface area contributed by atoms with Crippen molar-refractivity contribution >= 4 is 22.8 Å². The number of nitrogens with one attached hydrogen (secondary N) is 1. The highest BCUT2D eigenvalue weighted by molar-refractivity contribution is 7.11. The molecule has 96 valence electrons. The van der Waals surface area contributed by atoms with Gasteiger partial charge in [0, 0.05) is 17.1 Å². The van der Waals surface area contributed by atoms with Gasteiger partial charge in [-0.25, -0.2) is 4.98 Å². The van der Waals surface area contributed by atoms with Gasteiger partial charge in [-0.3, -0.25) is 0 Å². The zero-order valence-electron chi connectivity index (χ0n) is 10.6. The van der Waals surface area contributed by atoms with Gasteiger partial charge in [0.15, 0.2) is 5.82 Å². The molecule has 2 rings (SSSR count). The molecule has 1 unspecified atom stereocenters. The van der Waals surface area contributed by atoms with E-state index in [1.54, 1.807) is 30.6 Å². The second-order valence-electron chi connectivity index (χ2n) is 3.97. The van der Waals surface area contributed by atoms with Crippen LogP contribution in [0.5, 0.6) is 5.88 Å². The number of methoxy groups -OCH3 is 1. The number of ether oxygens (including phenoxy) is 1. The van der Waals surface area contributed by atoms with E-state index in [2.05, 4.69) is 15.3 Å². The maximum absolute atomic E-state index is 5.88. The second kappa shape index (κ2) is 5.22. The molecule has 0 spiro atoms. The van der Waals surface area contributed by atoms with Crippen LogP contribution in [-0.4, -0.2) is 17.1 Å². The van der Waals surface area contributed by atoms with Crippen molar-refractivity contribution in [2.45, 2.75) is 19.9 Å². The molecule has 18 heavy (non-hydrogen) atoms. The number of aryl methyl sites for hydroxylation is 1. The van der Waals surface area contributed by atoms with Gasteiger partial charge in [-0.05, 0) is 19.9 Å². The number of hydrogen-bond acceptors (Lipinski definition) is 6. The predicted octanol–water partition coefficient (Wildman–Crippen LogP) is 2.61. The topological polar surface area (TPSA) is 73.1 Å². The van der Waals surface area contributed by atoms with Crippen molar-refractivity contribution in [3.8, 4) is 5.88 Å². The summed E-state index contributed by atoms with van der Waals surface area (Å²) < 4.78 is 5.08. The predicted molar refractivity (Wildman–Crippen MR) is 74.1 cm³/mol. The molecule has 2 heterocycles. The molecule has 0 aliphatic carbocycles. The first-order chi connectivity index (χ1) is 8.60. The van der Waals surface area contributed by atoms with Gasteiger partial charge >= 0.3 is 0 Å². The highest BCUT2D eigenvalue weighted by Gasteiger charge is 2.12. The summed E-state index contributed by atoms with van der Waals surface area (Å²) in [5.41, 5.74) is 6.47. The van der Waals surface area contributed by atoms with Crippen molar-refractivity contribution in [3.05, 3.63) is 28.2 Å². The van der Waals surface area contributed by atoms with Gasteiger partial charge in [-0.1, -0.05) is 0 Å². The Kier molecular flexibility index (Phi) is 3.66. The largest absolute Gasteiger partial charge is 0.481 e. The zero-order chi connectivity index (χ0) is 13.1. The number of nitrogens with zero attached hydrogens (tertiary/aromatic N) is 2. The lowest BCUT2D eigenvalue weighted by Crippen LogP contribution is -2.10. The van der Waals surface area contributed by atoms with E-state index >= 15 is 0 Å². The molecule has 0 aliphatic rings. The lowest BCUT2D eigenvalue weighted by atomic mass is 10.3. The van der Waals surface area contributed by atoms with Crippen LogP contribution in [0, 0.1) is 6.92 Å². The first-order valence-electron chi connectivity index (χ1n) is 5.59. The Morgan fingerprint density at radius 2 is 2.22 bits per heavy atom. The third kappa shape index (κ3) is 2.70. The molecular formula is C12H16N4OS. The maximum Gasteiger partial charge on any atom is 0.215 e. The Bertz CT molecular complexity index is 541. The molecular weight excluding hydrogens is 248 g/mol. The van der Waals surface area contributed by atoms with Gasteiger partial charge in [0.05, 0.1) is 18.8 Å². The molecule has 5 nitrogen and oxygen atoms in total. The monoisotopic (exact) mass is 264 g/mol. The number of nitrogens with two attached hydrogens (primary N) is 1. The fourth-order valence-electron chi connectivity index (χ4n) is 1.52. The van der Waals surface area contributed by atoms with Crippen molar-refractivity contribution in [1.29, 1.82) is 0 Å². The van der Waals surface area contributed by atoms with Crippen LogP contribution in [0.25, 0.3) is 0 Å². The highest BCUT2D eigenvalue weighted by atomic mass is 32.1. The average Bonchev–Trinajstić information content (AvgIpc) is 2.79. The summed E-state index contributed by atoms with van der Waals surface area (Å²) in [4.78, 5) is 9.81. The minimum Gasteiger partial charge on any atom is -0.481 e. The number of anilines is 2. The number of pyridine rings is 1. The standard InChI is InChI=1S/C12H16N4OS/c1-7-6-14-12(18-7)8(2)15-11-9(13)4-5-10(16-11)17-3/h4-6,8H,13H2,1-3H3,(H,15,16). The molecule has 2 aromatic rings. The third-order valence-electron chi connectivity index (χ3n) is 2.47. The third-order valence-corrected chi connectivity index (χ3v) is 3.57. The van der Waals surface area contributed by atoms with Gasteiger partial charge in [0.1, 0.15) is 5.01 Å².